The Bertz CT molecular complexity index is 580. The normalized spacial score (nSPS) is 12.2. The van der Waals surface area contributed by atoms with Crippen LogP contribution in [0, 0.1) is 10.5 Å². The Hall–Kier alpha value is -0.740. The molecule has 2 aromatic rings. The zero-order chi connectivity index (χ0) is 11.9. The first-order chi connectivity index (χ1) is 7.47. The Morgan fingerprint density at radius 3 is 2.81 bits per heavy atom. The molecular weight excluding hydrogens is 241 g/mol. The predicted molar refractivity (Wildman–Crippen MR) is 70.2 cm³/mol. The van der Waals surface area contributed by atoms with Crippen LogP contribution < -0.4 is 0 Å². The number of hydrogen-bond donors (Lipinski definition) is 0. The summed E-state index contributed by atoms with van der Waals surface area (Å²) in [4.78, 5) is 0. The second kappa shape index (κ2) is 3.93. The number of aromatic nitrogens is 1. The summed E-state index contributed by atoms with van der Waals surface area (Å²) in [6.45, 7) is 6.22. The van der Waals surface area contributed by atoms with Crippen LogP contribution in [0.3, 0.4) is 0 Å². The Kier molecular flexibility index (Phi) is 2.88. The molecule has 2 aromatic heterocycles. The maximum Gasteiger partial charge on any atom is 0.148 e. The minimum Gasteiger partial charge on any atom is -0.330 e. The van der Waals surface area contributed by atoms with Crippen molar-refractivity contribution in [3.63, 3.8) is 0 Å². The van der Waals surface area contributed by atoms with Crippen molar-refractivity contribution in [1.82, 2.24) is 4.57 Å². The molecule has 1 nitrogen and oxygen atoms in total. The van der Waals surface area contributed by atoms with Crippen molar-refractivity contribution in [2.24, 2.45) is 0 Å². The van der Waals surface area contributed by atoms with Crippen LogP contribution in [-0.2, 0) is 5.54 Å². The second-order valence-electron chi connectivity index (χ2n) is 4.48. The summed E-state index contributed by atoms with van der Waals surface area (Å²) in [5, 5.41) is 2.52. The molecule has 2 heterocycles. The van der Waals surface area contributed by atoms with Gasteiger partial charge in [0, 0.05) is 17.1 Å². The van der Waals surface area contributed by atoms with E-state index in [2.05, 4.69) is 20.8 Å². The van der Waals surface area contributed by atoms with Crippen LogP contribution in [0.5, 0.6) is 0 Å². The van der Waals surface area contributed by atoms with Gasteiger partial charge in [-0.3, -0.25) is 0 Å². The number of pyridine rings is 1. The molecule has 0 aliphatic heterocycles. The van der Waals surface area contributed by atoms with Crippen molar-refractivity contribution in [3.8, 4) is 0 Å². The summed E-state index contributed by atoms with van der Waals surface area (Å²) in [6.07, 6.45) is 2.44. The van der Waals surface area contributed by atoms with E-state index in [0.29, 0.717) is 5.39 Å². The minimum absolute atomic E-state index is 0.143. The van der Waals surface area contributed by atoms with Gasteiger partial charge in [0.05, 0.1) is 4.70 Å². The SMILES string of the molecule is CCC(C)(C)n1cc(F)c2ccsc2c1=S. The molecule has 0 aromatic carbocycles. The number of rotatable bonds is 2. The van der Waals surface area contributed by atoms with E-state index in [4.69, 9.17) is 12.2 Å². The quantitative estimate of drug-likeness (QED) is 0.703. The van der Waals surface area contributed by atoms with Crippen molar-refractivity contribution in [2.45, 2.75) is 32.7 Å². The summed E-state index contributed by atoms with van der Waals surface area (Å²) in [5.41, 5.74) is -0.143. The highest BCUT2D eigenvalue weighted by molar-refractivity contribution is 7.71. The lowest BCUT2D eigenvalue weighted by Gasteiger charge is -2.27. The molecule has 16 heavy (non-hydrogen) atoms. The first-order valence-corrected chi connectivity index (χ1v) is 6.55. The topological polar surface area (TPSA) is 4.93 Å². The largest absolute Gasteiger partial charge is 0.330 e. The van der Waals surface area contributed by atoms with Gasteiger partial charge < -0.3 is 4.57 Å². The highest BCUT2D eigenvalue weighted by atomic mass is 32.1. The van der Waals surface area contributed by atoms with Gasteiger partial charge in [0.15, 0.2) is 0 Å². The van der Waals surface area contributed by atoms with Gasteiger partial charge in [0.2, 0.25) is 0 Å². The molecular formula is C12H14FNS2. The van der Waals surface area contributed by atoms with E-state index < -0.39 is 0 Å². The summed E-state index contributed by atoms with van der Waals surface area (Å²) in [6, 6.07) is 1.79. The number of nitrogens with zero attached hydrogens (tertiary/aromatic N) is 1. The zero-order valence-corrected chi connectivity index (χ0v) is 11.2. The lowest BCUT2D eigenvalue weighted by Crippen LogP contribution is -2.26. The predicted octanol–water partition coefficient (Wildman–Crippen LogP) is 4.72. The summed E-state index contributed by atoms with van der Waals surface area (Å²) >= 11 is 6.93. The van der Waals surface area contributed by atoms with Gasteiger partial charge in [-0.15, -0.1) is 11.3 Å². The molecule has 86 valence electrons. The molecule has 0 amide bonds. The zero-order valence-electron chi connectivity index (χ0n) is 9.58. The molecule has 2 rings (SSSR count). The second-order valence-corrected chi connectivity index (χ2v) is 5.78. The van der Waals surface area contributed by atoms with Gasteiger partial charge in [-0.2, -0.15) is 0 Å². The summed E-state index contributed by atoms with van der Waals surface area (Å²) in [5.74, 6) is -0.189. The van der Waals surface area contributed by atoms with Gasteiger partial charge in [-0.1, -0.05) is 19.1 Å². The standard InChI is InChI=1S/C12H14FNS2/c1-4-12(2,3)14-7-9(13)8-5-6-16-10(8)11(14)15/h5-7H,4H2,1-3H3. The highest BCUT2D eigenvalue weighted by Gasteiger charge is 2.20. The van der Waals surface area contributed by atoms with Crippen LogP contribution in [0.4, 0.5) is 4.39 Å². The van der Waals surface area contributed by atoms with Gasteiger partial charge in [0.1, 0.15) is 10.5 Å². The molecule has 0 saturated heterocycles. The first kappa shape index (κ1) is 11.7. The van der Waals surface area contributed by atoms with E-state index in [1.807, 2.05) is 9.95 Å². The van der Waals surface area contributed by atoms with Crippen LogP contribution in [0.25, 0.3) is 10.1 Å². The van der Waals surface area contributed by atoms with E-state index >= 15 is 0 Å². The molecule has 0 radical (unpaired) electrons. The maximum absolute atomic E-state index is 13.9. The van der Waals surface area contributed by atoms with E-state index in [9.17, 15) is 4.39 Å². The van der Waals surface area contributed by atoms with Gasteiger partial charge in [-0.05, 0) is 31.7 Å². The molecule has 0 bridgehead atoms. The summed E-state index contributed by atoms with van der Waals surface area (Å²) < 4.78 is 17.3. The van der Waals surface area contributed by atoms with Gasteiger partial charge >= 0.3 is 0 Å². The molecule has 0 spiro atoms. The third-order valence-corrected chi connectivity index (χ3v) is 4.55. The van der Waals surface area contributed by atoms with E-state index in [1.165, 1.54) is 17.5 Å². The average molecular weight is 255 g/mol. The maximum atomic E-state index is 13.9. The van der Waals surface area contributed by atoms with Crippen LogP contribution in [0.15, 0.2) is 17.6 Å². The van der Waals surface area contributed by atoms with Crippen molar-refractivity contribution in [1.29, 1.82) is 0 Å². The number of thiophene rings is 1. The van der Waals surface area contributed by atoms with Gasteiger partial charge in [0.25, 0.3) is 0 Å². The van der Waals surface area contributed by atoms with Gasteiger partial charge in [-0.25, -0.2) is 4.39 Å². The smallest absolute Gasteiger partial charge is 0.148 e. The Balaban J connectivity index is 2.82. The molecule has 0 atom stereocenters. The lowest BCUT2D eigenvalue weighted by atomic mass is 10.0. The fraction of sp³-hybridized carbons (Fsp3) is 0.417. The van der Waals surface area contributed by atoms with Crippen LogP contribution in [-0.4, -0.2) is 4.57 Å². The number of hydrogen-bond acceptors (Lipinski definition) is 2. The monoisotopic (exact) mass is 255 g/mol. The van der Waals surface area contributed by atoms with Crippen molar-refractivity contribution >= 4 is 33.6 Å². The Morgan fingerprint density at radius 1 is 1.50 bits per heavy atom. The Labute approximate surface area is 104 Å². The fourth-order valence-electron chi connectivity index (χ4n) is 1.63. The van der Waals surface area contributed by atoms with E-state index in [0.717, 1.165) is 15.8 Å². The van der Waals surface area contributed by atoms with Crippen LogP contribution >= 0.6 is 23.6 Å². The fourth-order valence-corrected chi connectivity index (χ4v) is 3.02. The van der Waals surface area contributed by atoms with Crippen molar-refractivity contribution in [3.05, 3.63) is 28.1 Å². The molecule has 0 fully saturated rings. The van der Waals surface area contributed by atoms with E-state index in [1.54, 1.807) is 6.07 Å². The summed E-state index contributed by atoms with van der Waals surface area (Å²) in [7, 11) is 0. The lowest BCUT2D eigenvalue weighted by molar-refractivity contribution is 0.333. The average Bonchev–Trinajstić information content (AvgIpc) is 2.72. The van der Waals surface area contributed by atoms with E-state index in [-0.39, 0.29) is 11.4 Å². The molecule has 4 heteroatoms. The highest BCUT2D eigenvalue weighted by Crippen LogP contribution is 2.29. The number of halogens is 1. The van der Waals surface area contributed by atoms with Crippen LogP contribution in [0.2, 0.25) is 0 Å². The first-order valence-electron chi connectivity index (χ1n) is 5.26. The van der Waals surface area contributed by atoms with Crippen molar-refractivity contribution in [2.75, 3.05) is 0 Å². The van der Waals surface area contributed by atoms with Crippen LogP contribution in [0.1, 0.15) is 27.2 Å². The molecule has 0 aliphatic carbocycles. The molecule has 0 unspecified atom stereocenters. The third kappa shape index (κ3) is 1.70. The molecule has 0 aliphatic rings. The Morgan fingerprint density at radius 2 is 2.19 bits per heavy atom. The molecule has 0 saturated carbocycles. The third-order valence-electron chi connectivity index (χ3n) is 3.10. The minimum atomic E-state index is -0.189. The molecule has 0 N–H and O–H groups in total. The van der Waals surface area contributed by atoms with Crippen molar-refractivity contribution < 1.29 is 4.39 Å². The number of fused-ring (bicyclic) bond motifs is 1.